The maximum absolute atomic E-state index is 12.7. The number of amides is 1. The van der Waals surface area contributed by atoms with Crippen molar-refractivity contribution in [2.24, 2.45) is 0 Å². The molecule has 0 radical (unpaired) electrons. The number of benzene rings is 2. The normalized spacial score (nSPS) is 11.7. The molecule has 3 heterocycles. The highest BCUT2D eigenvalue weighted by atomic mass is 32.1. The van der Waals surface area contributed by atoms with E-state index in [0.717, 1.165) is 20.8 Å². The Morgan fingerprint density at radius 2 is 1.90 bits per heavy atom. The number of methoxy groups -OCH3 is 1. The fraction of sp³-hybridized carbons (Fsp3) is 0.231. The molecular formula is C26H23N5O7S. The molecular weight excluding hydrogens is 526 g/mol. The first-order valence-electron chi connectivity index (χ1n) is 11.8. The summed E-state index contributed by atoms with van der Waals surface area (Å²) in [5.74, 6) is -0.266. The standard InChI is InChI=1S/C26H23N5O7S/c1-15-18(10-16-8-9-19-20(11-16)38-14-37-19)23(26(34)35-2)25(39-15)27-21(32)13-36-22(33)12-31-29-24(28-30-31)17-6-4-3-5-7-17/h3-9,11H,10,12-14H2,1-2H3,(H,27,32). The number of thiophene rings is 1. The zero-order chi connectivity index (χ0) is 27.4. The minimum atomic E-state index is -0.721. The number of anilines is 1. The number of tetrazole rings is 1. The second kappa shape index (κ2) is 11.3. The maximum Gasteiger partial charge on any atom is 0.341 e. The average Bonchev–Trinajstić information content (AvgIpc) is 3.67. The van der Waals surface area contributed by atoms with Crippen LogP contribution in [0.4, 0.5) is 5.00 Å². The molecule has 39 heavy (non-hydrogen) atoms. The number of aryl methyl sites for hydroxylation is 1. The van der Waals surface area contributed by atoms with Crippen molar-refractivity contribution >= 4 is 34.2 Å². The molecule has 12 nitrogen and oxygen atoms in total. The van der Waals surface area contributed by atoms with E-state index < -0.39 is 24.5 Å². The van der Waals surface area contributed by atoms with Gasteiger partial charge in [-0.3, -0.25) is 4.79 Å². The average molecular weight is 550 g/mol. The van der Waals surface area contributed by atoms with Crippen LogP contribution in [0.15, 0.2) is 48.5 Å². The zero-order valence-corrected chi connectivity index (χ0v) is 21.8. The first-order valence-corrected chi connectivity index (χ1v) is 12.6. The summed E-state index contributed by atoms with van der Waals surface area (Å²) < 4.78 is 20.9. The van der Waals surface area contributed by atoms with E-state index in [1.54, 1.807) is 0 Å². The fourth-order valence-corrected chi connectivity index (χ4v) is 5.01. The summed E-state index contributed by atoms with van der Waals surface area (Å²) >= 11 is 1.23. The Balaban J connectivity index is 1.22. The van der Waals surface area contributed by atoms with Gasteiger partial charge in [0.1, 0.15) is 5.00 Å². The van der Waals surface area contributed by atoms with Gasteiger partial charge in [0.2, 0.25) is 12.6 Å². The molecule has 4 aromatic rings. The Hall–Kier alpha value is -4.78. The van der Waals surface area contributed by atoms with E-state index in [0.29, 0.717) is 34.3 Å². The van der Waals surface area contributed by atoms with Crippen LogP contribution in [0.25, 0.3) is 11.4 Å². The first kappa shape index (κ1) is 25.9. The molecule has 1 N–H and O–H groups in total. The molecule has 0 saturated carbocycles. The third kappa shape index (κ3) is 5.88. The predicted octanol–water partition coefficient (Wildman–Crippen LogP) is 3.00. The lowest BCUT2D eigenvalue weighted by Crippen LogP contribution is -2.24. The first-order chi connectivity index (χ1) is 18.9. The van der Waals surface area contributed by atoms with Gasteiger partial charge in [0.15, 0.2) is 24.7 Å². The summed E-state index contributed by atoms with van der Waals surface area (Å²) in [4.78, 5) is 39.5. The van der Waals surface area contributed by atoms with E-state index in [2.05, 4.69) is 20.7 Å². The molecule has 0 atom stereocenters. The van der Waals surface area contributed by atoms with Gasteiger partial charge in [-0.15, -0.1) is 21.5 Å². The number of carbonyl (C=O) groups excluding carboxylic acids is 3. The third-order valence-corrected chi connectivity index (χ3v) is 6.85. The molecule has 13 heteroatoms. The number of hydrogen-bond acceptors (Lipinski definition) is 11. The third-order valence-electron chi connectivity index (χ3n) is 5.79. The van der Waals surface area contributed by atoms with Crippen molar-refractivity contribution in [3.63, 3.8) is 0 Å². The van der Waals surface area contributed by atoms with E-state index in [-0.39, 0.29) is 18.9 Å². The SMILES string of the molecule is COC(=O)c1c(NC(=O)COC(=O)Cn2nnc(-c3ccccc3)n2)sc(C)c1Cc1ccc2c(c1)OCO2. The molecule has 1 aliphatic heterocycles. The summed E-state index contributed by atoms with van der Waals surface area (Å²) in [6.45, 7) is 1.13. The van der Waals surface area contributed by atoms with Gasteiger partial charge in [-0.25, -0.2) is 9.59 Å². The molecule has 0 aliphatic carbocycles. The van der Waals surface area contributed by atoms with Gasteiger partial charge in [-0.05, 0) is 41.8 Å². The topological polar surface area (TPSA) is 144 Å². The Labute approximate surface area is 226 Å². The molecule has 1 aliphatic rings. The van der Waals surface area contributed by atoms with Crippen LogP contribution in [0.2, 0.25) is 0 Å². The van der Waals surface area contributed by atoms with Gasteiger partial charge in [-0.2, -0.15) is 4.80 Å². The number of nitrogens with zero attached hydrogens (tertiary/aromatic N) is 4. The number of aromatic nitrogens is 4. The Bertz CT molecular complexity index is 1530. The number of fused-ring (bicyclic) bond motifs is 1. The lowest BCUT2D eigenvalue weighted by atomic mass is 10.0. The monoisotopic (exact) mass is 549 g/mol. The lowest BCUT2D eigenvalue weighted by Gasteiger charge is -2.09. The van der Waals surface area contributed by atoms with Crippen molar-refractivity contribution in [3.8, 4) is 22.9 Å². The van der Waals surface area contributed by atoms with Crippen molar-refractivity contribution in [2.75, 3.05) is 25.8 Å². The zero-order valence-electron chi connectivity index (χ0n) is 21.0. The molecule has 0 unspecified atom stereocenters. The highest BCUT2D eigenvalue weighted by Gasteiger charge is 2.25. The van der Waals surface area contributed by atoms with Crippen molar-refractivity contribution in [3.05, 3.63) is 70.1 Å². The second-order valence-electron chi connectivity index (χ2n) is 8.42. The molecule has 0 bridgehead atoms. The minimum absolute atomic E-state index is 0.161. The Morgan fingerprint density at radius 1 is 1.10 bits per heavy atom. The van der Waals surface area contributed by atoms with Crippen LogP contribution in [0.1, 0.15) is 26.4 Å². The van der Waals surface area contributed by atoms with E-state index in [1.807, 2.05) is 55.5 Å². The van der Waals surface area contributed by atoms with Crippen LogP contribution in [-0.4, -0.2) is 58.6 Å². The lowest BCUT2D eigenvalue weighted by molar-refractivity contribution is -0.148. The van der Waals surface area contributed by atoms with E-state index in [1.165, 1.54) is 18.4 Å². The molecule has 0 fully saturated rings. The molecule has 0 spiro atoms. The van der Waals surface area contributed by atoms with Gasteiger partial charge in [-0.1, -0.05) is 36.4 Å². The summed E-state index contributed by atoms with van der Waals surface area (Å²) in [6.07, 6.45) is 0.407. The molecule has 200 valence electrons. The van der Waals surface area contributed by atoms with Crippen LogP contribution in [0, 0.1) is 6.92 Å². The predicted molar refractivity (Wildman–Crippen MR) is 139 cm³/mol. The van der Waals surface area contributed by atoms with Crippen molar-refractivity contribution < 1.29 is 33.3 Å². The van der Waals surface area contributed by atoms with Crippen LogP contribution in [-0.2, 0) is 32.0 Å². The number of rotatable bonds is 9. The molecule has 5 rings (SSSR count). The van der Waals surface area contributed by atoms with Crippen LogP contribution < -0.4 is 14.8 Å². The van der Waals surface area contributed by atoms with Gasteiger partial charge in [0.05, 0.1) is 12.7 Å². The molecule has 1 amide bonds. The maximum atomic E-state index is 12.7. The van der Waals surface area contributed by atoms with Crippen LogP contribution in [0.5, 0.6) is 11.5 Å². The second-order valence-corrected chi connectivity index (χ2v) is 9.64. The van der Waals surface area contributed by atoms with Crippen molar-refractivity contribution in [1.29, 1.82) is 0 Å². The summed E-state index contributed by atoms with van der Waals surface area (Å²) in [5, 5.41) is 14.9. The van der Waals surface area contributed by atoms with E-state index in [9.17, 15) is 14.4 Å². The highest BCUT2D eigenvalue weighted by molar-refractivity contribution is 7.16. The van der Waals surface area contributed by atoms with Gasteiger partial charge in [0.25, 0.3) is 5.91 Å². The Kier molecular flexibility index (Phi) is 7.50. The highest BCUT2D eigenvalue weighted by Crippen LogP contribution is 2.37. The number of carbonyl (C=O) groups is 3. The number of hydrogen-bond donors (Lipinski definition) is 1. The molecule has 2 aromatic carbocycles. The largest absolute Gasteiger partial charge is 0.465 e. The van der Waals surface area contributed by atoms with Crippen molar-refractivity contribution in [1.82, 2.24) is 20.2 Å². The number of esters is 2. The fourth-order valence-electron chi connectivity index (χ4n) is 3.94. The summed E-state index contributed by atoms with van der Waals surface area (Å²) in [6, 6.07) is 14.7. The smallest absolute Gasteiger partial charge is 0.341 e. The van der Waals surface area contributed by atoms with Crippen LogP contribution >= 0.6 is 11.3 Å². The van der Waals surface area contributed by atoms with Gasteiger partial charge in [0, 0.05) is 10.4 Å². The number of nitrogens with one attached hydrogen (secondary N) is 1. The minimum Gasteiger partial charge on any atom is -0.465 e. The van der Waals surface area contributed by atoms with E-state index >= 15 is 0 Å². The van der Waals surface area contributed by atoms with Crippen molar-refractivity contribution in [2.45, 2.75) is 19.9 Å². The number of ether oxygens (including phenoxy) is 4. The molecule has 0 saturated heterocycles. The Morgan fingerprint density at radius 3 is 2.69 bits per heavy atom. The van der Waals surface area contributed by atoms with Crippen LogP contribution in [0.3, 0.4) is 0 Å². The van der Waals surface area contributed by atoms with Gasteiger partial charge >= 0.3 is 11.9 Å². The van der Waals surface area contributed by atoms with E-state index in [4.69, 9.17) is 18.9 Å². The van der Waals surface area contributed by atoms with Gasteiger partial charge < -0.3 is 24.3 Å². The summed E-state index contributed by atoms with van der Waals surface area (Å²) in [7, 11) is 1.27. The summed E-state index contributed by atoms with van der Waals surface area (Å²) in [5.41, 5.74) is 2.61. The quantitative estimate of drug-likeness (QED) is 0.309. The molecule has 2 aromatic heterocycles.